The normalized spacial score (nSPS) is 14.4. The van der Waals surface area contributed by atoms with Crippen molar-refractivity contribution in [2.45, 2.75) is 341 Å². The molecular formula is C77H136O17P2. The van der Waals surface area contributed by atoms with E-state index in [1.54, 1.807) is 6.08 Å². The molecule has 0 bridgehead atoms. The van der Waals surface area contributed by atoms with Crippen molar-refractivity contribution in [1.82, 2.24) is 0 Å². The van der Waals surface area contributed by atoms with Gasteiger partial charge in [-0.25, -0.2) is 9.13 Å². The van der Waals surface area contributed by atoms with Gasteiger partial charge in [-0.3, -0.25) is 37.3 Å². The standard InChI is InChI=1S/C77H136O17P2/c1-5-9-13-17-21-25-29-32-35-38-42-45-49-53-57-61-74(79)87-67-72(93-76(81)63-59-55-51-47-41-28-24-20-16-12-8-4)69-91-95(83,84)89-65-71(78)66-90-96(85,86)92-70-73(94-77(82)64-60-56-52-48-44-40-37-34-31-27-23-19-15-11-7-3)68-88-75(80)62-58-54-50-46-43-39-36-33-30-26-22-18-14-10-6-2/h9,13,21,25,32-37,42,45,53,57,71-73,78H,5-8,10-12,14-20,22-24,26-31,38-41,43-44,46-52,54-56,58-70H2,1-4H3,(H,83,84)(H,85,86)/b13-9-,25-21-,35-32-,36-33-,37-34-,45-42-,57-53-. The molecule has 0 aliphatic rings. The van der Waals surface area contributed by atoms with Crippen LogP contribution in [0, 0.1) is 0 Å². The maximum Gasteiger partial charge on any atom is 0.472 e. The van der Waals surface area contributed by atoms with Gasteiger partial charge >= 0.3 is 39.5 Å². The molecule has 96 heavy (non-hydrogen) atoms. The van der Waals surface area contributed by atoms with Gasteiger partial charge in [-0.2, -0.15) is 0 Å². The Morgan fingerprint density at radius 2 is 0.583 bits per heavy atom. The molecule has 0 fully saturated rings. The molecule has 0 saturated carbocycles. The van der Waals surface area contributed by atoms with Crippen molar-refractivity contribution in [3.8, 4) is 0 Å². The van der Waals surface area contributed by atoms with E-state index >= 15 is 0 Å². The average Bonchev–Trinajstić information content (AvgIpc) is 1.11. The molecule has 5 unspecified atom stereocenters. The van der Waals surface area contributed by atoms with Crippen LogP contribution in [0.3, 0.4) is 0 Å². The van der Waals surface area contributed by atoms with Crippen LogP contribution in [0.5, 0.6) is 0 Å². The Morgan fingerprint density at radius 1 is 0.312 bits per heavy atom. The Hall–Kier alpha value is -3.76. The minimum atomic E-state index is -4.99. The Bertz CT molecular complexity index is 2160. The highest BCUT2D eigenvalue weighted by Gasteiger charge is 2.30. The smallest absolute Gasteiger partial charge is 0.462 e. The number of phosphoric acid groups is 2. The van der Waals surface area contributed by atoms with E-state index in [-0.39, 0.29) is 25.7 Å². The quantitative estimate of drug-likeness (QED) is 0.0169. The number of rotatable bonds is 71. The third-order valence-corrected chi connectivity index (χ3v) is 17.8. The zero-order valence-electron chi connectivity index (χ0n) is 60.5. The summed E-state index contributed by atoms with van der Waals surface area (Å²) < 4.78 is 68.3. The lowest BCUT2D eigenvalue weighted by Crippen LogP contribution is -2.30. The first kappa shape index (κ1) is 92.2. The van der Waals surface area contributed by atoms with E-state index in [9.17, 15) is 43.2 Å². The molecule has 0 aliphatic heterocycles. The fourth-order valence-electron chi connectivity index (χ4n) is 10.1. The number of unbranched alkanes of at least 4 members (excludes halogenated alkanes) is 32. The van der Waals surface area contributed by atoms with Gasteiger partial charge in [-0.1, -0.05) is 280 Å². The molecule has 19 heteroatoms. The zero-order chi connectivity index (χ0) is 70.4. The summed E-state index contributed by atoms with van der Waals surface area (Å²) in [6.07, 6.45) is 70.4. The summed E-state index contributed by atoms with van der Waals surface area (Å²) in [5.41, 5.74) is 0. The van der Waals surface area contributed by atoms with Gasteiger partial charge in [-0.05, 0) is 103 Å². The predicted octanol–water partition coefficient (Wildman–Crippen LogP) is 21.4. The van der Waals surface area contributed by atoms with Gasteiger partial charge in [0.05, 0.1) is 32.8 Å². The molecule has 0 aromatic rings. The fraction of sp³-hybridized carbons (Fsp3) is 0.766. The Balaban J connectivity index is 5.38. The summed E-state index contributed by atoms with van der Waals surface area (Å²) in [7, 11) is -9.96. The Kier molecular flexibility index (Phi) is 67.0. The molecule has 0 spiro atoms. The number of carbonyl (C=O) groups excluding carboxylic acids is 4. The lowest BCUT2D eigenvalue weighted by Gasteiger charge is -2.21. The van der Waals surface area contributed by atoms with Crippen LogP contribution < -0.4 is 0 Å². The van der Waals surface area contributed by atoms with Crippen LogP contribution in [0.2, 0.25) is 0 Å². The number of carbonyl (C=O) groups is 4. The van der Waals surface area contributed by atoms with E-state index in [2.05, 4.69) is 88.5 Å². The summed E-state index contributed by atoms with van der Waals surface area (Å²) in [6, 6.07) is 0. The maximum absolute atomic E-state index is 13.1. The largest absolute Gasteiger partial charge is 0.472 e. The summed E-state index contributed by atoms with van der Waals surface area (Å²) in [4.78, 5) is 72.7. The van der Waals surface area contributed by atoms with Crippen molar-refractivity contribution in [3.63, 3.8) is 0 Å². The third kappa shape index (κ3) is 68.8. The number of esters is 4. The molecule has 0 aromatic heterocycles. The van der Waals surface area contributed by atoms with Crippen molar-refractivity contribution in [3.05, 3.63) is 85.1 Å². The number of hydrogen-bond acceptors (Lipinski definition) is 15. The van der Waals surface area contributed by atoms with Crippen LogP contribution in [0.4, 0.5) is 0 Å². The van der Waals surface area contributed by atoms with Crippen molar-refractivity contribution < 1.29 is 80.2 Å². The lowest BCUT2D eigenvalue weighted by atomic mass is 10.1. The minimum absolute atomic E-state index is 0.0682. The molecule has 0 heterocycles. The van der Waals surface area contributed by atoms with E-state index < -0.39 is 97.5 Å². The van der Waals surface area contributed by atoms with Crippen molar-refractivity contribution in [2.24, 2.45) is 0 Å². The summed E-state index contributed by atoms with van der Waals surface area (Å²) >= 11 is 0. The van der Waals surface area contributed by atoms with Crippen LogP contribution in [0.1, 0.15) is 323 Å². The molecule has 3 N–H and O–H groups in total. The third-order valence-electron chi connectivity index (χ3n) is 15.9. The average molecular weight is 1400 g/mol. The van der Waals surface area contributed by atoms with Crippen LogP contribution >= 0.6 is 15.6 Å². The van der Waals surface area contributed by atoms with Crippen molar-refractivity contribution in [1.29, 1.82) is 0 Å². The van der Waals surface area contributed by atoms with Gasteiger partial charge in [-0.15, -0.1) is 0 Å². The monoisotopic (exact) mass is 1390 g/mol. The Morgan fingerprint density at radius 3 is 0.917 bits per heavy atom. The topological polar surface area (TPSA) is 237 Å². The summed E-state index contributed by atoms with van der Waals surface area (Å²) in [6.45, 7) is 4.63. The second-order valence-electron chi connectivity index (χ2n) is 25.2. The summed E-state index contributed by atoms with van der Waals surface area (Å²) in [5.74, 6) is -2.32. The zero-order valence-corrected chi connectivity index (χ0v) is 62.3. The van der Waals surface area contributed by atoms with Crippen LogP contribution in [0.25, 0.3) is 0 Å². The molecule has 0 aromatic carbocycles. The molecule has 0 radical (unpaired) electrons. The minimum Gasteiger partial charge on any atom is -0.462 e. The number of aliphatic hydroxyl groups is 1. The van der Waals surface area contributed by atoms with E-state index in [4.69, 9.17) is 37.0 Å². The lowest BCUT2D eigenvalue weighted by molar-refractivity contribution is -0.161. The van der Waals surface area contributed by atoms with Gasteiger partial charge < -0.3 is 33.8 Å². The number of allylic oxidation sites excluding steroid dienone is 13. The van der Waals surface area contributed by atoms with Gasteiger partial charge in [0.25, 0.3) is 0 Å². The van der Waals surface area contributed by atoms with Crippen molar-refractivity contribution in [2.75, 3.05) is 39.6 Å². The number of aliphatic hydroxyl groups excluding tert-OH is 1. The first-order valence-electron chi connectivity index (χ1n) is 37.8. The highest BCUT2D eigenvalue weighted by atomic mass is 31.2. The van der Waals surface area contributed by atoms with E-state index in [0.29, 0.717) is 25.7 Å². The number of hydrogen-bond donors (Lipinski definition) is 3. The number of ether oxygens (including phenoxy) is 4. The molecule has 0 saturated heterocycles. The predicted molar refractivity (Wildman–Crippen MR) is 390 cm³/mol. The number of phosphoric ester groups is 2. The molecular weight excluding hydrogens is 1260 g/mol. The molecule has 0 amide bonds. The molecule has 556 valence electrons. The highest BCUT2D eigenvalue weighted by Crippen LogP contribution is 2.45. The molecule has 5 atom stereocenters. The van der Waals surface area contributed by atoms with Crippen LogP contribution in [-0.4, -0.2) is 96.7 Å². The van der Waals surface area contributed by atoms with Gasteiger partial charge in [0.15, 0.2) is 12.2 Å². The SMILES string of the molecule is CC/C=C\C/C=C\C/C=C\C/C=C\C/C=C\CC(=O)OCC(COP(=O)(O)OCC(O)COP(=O)(O)OCC(COC(=O)CCCCCCC/C=C\CCCCCCCC)OC(=O)CCCCCCC/C=C\CCCCCCCC)OC(=O)CCCCCCCCCCCCC. The second kappa shape index (κ2) is 69.7. The van der Waals surface area contributed by atoms with E-state index in [1.807, 2.05) is 18.2 Å². The molecule has 0 aliphatic carbocycles. The van der Waals surface area contributed by atoms with E-state index in [1.165, 1.54) is 116 Å². The summed E-state index contributed by atoms with van der Waals surface area (Å²) in [5, 5.41) is 10.6. The second-order valence-corrected chi connectivity index (χ2v) is 28.1. The molecule has 17 nitrogen and oxygen atoms in total. The Labute approximate surface area is 583 Å². The van der Waals surface area contributed by atoms with Gasteiger partial charge in [0.1, 0.15) is 19.3 Å². The van der Waals surface area contributed by atoms with Crippen LogP contribution in [-0.2, 0) is 65.4 Å². The highest BCUT2D eigenvalue weighted by molar-refractivity contribution is 7.47. The first-order chi connectivity index (χ1) is 46.7. The van der Waals surface area contributed by atoms with E-state index in [0.717, 1.165) is 128 Å². The fourth-order valence-corrected chi connectivity index (χ4v) is 11.7. The first-order valence-corrected chi connectivity index (χ1v) is 40.8. The van der Waals surface area contributed by atoms with Gasteiger partial charge in [0.2, 0.25) is 0 Å². The van der Waals surface area contributed by atoms with Crippen LogP contribution in [0.15, 0.2) is 85.1 Å². The van der Waals surface area contributed by atoms with Gasteiger partial charge in [0, 0.05) is 19.3 Å². The van der Waals surface area contributed by atoms with Crippen molar-refractivity contribution >= 4 is 39.5 Å². The maximum atomic E-state index is 13.1. The molecule has 0 rings (SSSR count).